The van der Waals surface area contributed by atoms with Crippen molar-refractivity contribution in [3.63, 3.8) is 0 Å². The summed E-state index contributed by atoms with van der Waals surface area (Å²) in [5.74, 6) is 0. The van der Waals surface area contributed by atoms with Gasteiger partial charge in [-0.1, -0.05) is 32.0 Å². The standard InChI is InChI=1S/C17H19NO2S/c1-17(2)12-18(13-17)14-8-10-16(11-9-14)21(19,20)15-6-4-3-5-7-15/h3-11H,12-13H2,1-2H3. The summed E-state index contributed by atoms with van der Waals surface area (Å²) in [7, 11) is -3.41. The number of hydrogen-bond acceptors (Lipinski definition) is 3. The maximum atomic E-state index is 12.5. The van der Waals surface area contributed by atoms with E-state index in [4.69, 9.17) is 0 Å². The van der Waals surface area contributed by atoms with Crippen molar-refractivity contribution in [1.29, 1.82) is 0 Å². The Hall–Kier alpha value is -1.81. The zero-order chi connectivity index (χ0) is 15.1. The largest absolute Gasteiger partial charge is 0.370 e. The van der Waals surface area contributed by atoms with Crippen molar-refractivity contribution >= 4 is 15.5 Å². The molecule has 0 N–H and O–H groups in total. The zero-order valence-electron chi connectivity index (χ0n) is 12.3. The van der Waals surface area contributed by atoms with E-state index >= 15 is 0 Å². The van der Waals surface area contributed by atoms with Crippen LogP contribution in [0.4, 0.5) is 5.69 Å². The van der Waals surface area contributed by atoms with Gasteiger partial charge in [0.05, 0.1) is 9.79 Å². The van der Waals surface area contributed by atoms with E-state index in [-0.39, 0.29) is 0 Å². The van der Waals surface area contributed by atoms with Gasteiger partial charge in [-0.15, -0.1) is 0 Å². The van der Waals surface area contributed by atoms with E-state index in [9.17, 15) is 8.42 Å². The van der Waals surface area contributed by atoms with Gasteiger partial charge >= 0.3 is 0 Å². The highest BCUT2D eigenvalue weighted by Crippen LogP contribution is 2.34. The number of anilines is 1. The summed E-state index contributed by atoms with van der Waals surface area (Å²) < 4.78 is 25.0. The zero-order valence-corrected chi connectivity index (χ0v) is 13.1. The molecule has 3 rings (SSSR count). The predicted octanol–water partition coefficient (Wildman–Crippen LogP) is 3.37. The van der Waals surface area contributed by atoms with Crippen LogP contribution in [0.15, 0.2) is 64.4 Å². The van der Waals surface area contributed by atoms with Gasteiger partial charge in [0.2, 0.25) is 9.84 Å². The first-order chi connectivity index (χ1) is 9.88. The lowest BCUT2D eigenvalue weighted by Gasteiger charge is -2.47. The number of hydrogen-bond donors (Lipinski definition) is 0. The third-order valence-electron chi connectivity index (χ3n) is 3.80. The van der Waals surface area contributed by atoms with Crippen LogP contribution in [0, 0.1) is 5.41 Å². The van der Waals surface area contributed by atoms with Crippen LogP contribution in [-0.2, 0) is 9.84 Å². The molecule has 1 heterocycles. The Labute approximate surface area is 126 Å². The highest BCUT2D eigenvalue weighted by Gasteiger charge is 2.34. The van der Waals surface area contributed by atoms with Crippen molar-refractivity contribution in [3.05, 3.63) is 54.6 Å². The van der Waals surface area contributed by atoms with Crippen LogP contribution in [0.1, 0.15) is 13.8 Å². The normalized spacial score (nSPS) is 17.3. The highest BCUT2D eigenvalue weighted by atomic mass is 32.2. The maximum absolute atomic E-state index is 12.5. The van der Waals surface area contributed by atoms with Crippen LogP contribution in [0.2, 0.25) is 0 Å². The van der Waals surface area contributed by atoms with Crippen molar-refractivity contribution in [1.82, 2.24) is 0 Å². The van der Waals surface area contributed by atoms with Crippen LogP contribution < -0.4 is 4.90 Å². The molecule has 0 unspecified atom stereocenters. The molecular weight excluding hydrogens is 282 g/mol. The average molecular weight is 301 g/mol. The molecule has 1 saturated heterocycles. The minimum atomic E-state index is -3.41. The van der Waals surface area contributed by atoms with Gasteiger partial charge in [-0.3, -0.25) is 0 Å². The maximum Gasteiger partial charge on any atom is 0.206 e. The summed E-state index contributed by atoms with van der Waals surface area (Å²) in [6.07, 6.45) is 0. The lowest BCUT2D eigenvalue weighted by Crippen LogP contribution is -2.53. The Morgan fingerprint density at radius 1 is 0.857 bits per heavy atom. The Morgan fingerprint density at radius 2 is 1.38 bits per heavy atom. The Kier molecular flexibility index (Phi) is 3.29. The van der Waals surface area contributed by atoms with E-state index in [1.807, 2.05) is 18.2 Å². The Bertz CT molecular complexity index is 726. The summed E-state index contributed by atoms with van der Waals surface area (Å²) in [6.45, 7) is 6.49. The molecule has 4 heteroatoms. The lowest BCUT2D eigenvalue weighted by molar-refractivity contribution is 0.276. The second kappa shape index (κ2) is 4.88. The molecule has 1 aliphatic rings. The fourth-order valence-corrected chi connectivity index (χ4v) is 4.02. The number of sulfone groups is 1. The smallest absolute Gasteiger partial charge is 0.206 e. The first kappa shape index (κ1) is 14.1. The van der Waals surface area contributed by atoms with Gasteiger partial charge < -0.3 is 4.90 Å². The molecule has 0 amide bonds. The minimum absolute atomic E-state index is 0.336. The van der Waals surface area contributed by atoms with Gasteiger partial charge in [-0.25, -0.2) is 8.42 Å². The molecule has 0 aliphatic carbocycles. The second-order valence-electron chi connectivity index (χ2n) is 6.33. The van der Waals surface area contributed by atoms with Crippen molar-refractivity contribution in [2.24, 2.45) is 5.41 Å². The molecule has 0 radical (unpaired) electrons. The molecule has 2 aromatic rings. The van der Waals surface area contributed by atoms with Crippen molar-refractivity contribution < 1.29 is 8.42 Å². The predicted molar refractivity (Wildman–Crippen MR) is 84.3 cm³/mol. The first-order valence-electron chi connectivity index (χ1n) is 7.04. The monoisotopic (exact) mass is 301 g/mol. The molecule has 0 spiro atoms. The quantitative estimate of drug-likeness (QED) is 0.872. The van der Waals surface area contributed by atoms with Gasteiger partial charge in [0, 0.05) is 18.8 Å². The van der Waals surface area contributed by atoms with Crippen LogP contribution in [0.25, 0.3) is 0 Å². The summed E-state index contributed by atoms with van der Waals surface area (Å²) in [4.78, 5) is 2.94. The van der Waals surface area contributed by atoms with E-state index in [1.165, 1.54) is 0 Å². The minimum Gasteiger partial charge on any atom is -0.370 e. The summed E-state index contributed by atoms with van der Waals surface area (Å²) >= 11 is 0. The molecule has 110 valence electrons. The van der Waals surface area contributed by atoms with Crippen molar-refractivity contribution in [3.8, 4) is 0 Å². The highest BCUT2D eigenvalue weighted by molar-refractivity contribution is 7.91. The van der Waals surface area contributed by atoms with Crippen LogP contribution in [0.5, 0.6) is 0 Å². The number of benzene rings is 2. The average Bonchev–Trinajstić information content (AvgIpc) is 2.46. The number of rotatable bonds is 3. The van der Waals surface area contributed by atoms with Gasteiger partial charge in [0.25, 0.3) is 0 Å². The topological polar surface area (TPSA) is 37.4 Å². The molecule has 3 nitrogen and oxygen atoms in total. The van der Waals surface area contributed by atoms with Crippen LogP contribution >= 0.6 is 0 Å². The lowest BCUT2D eigenvalue weighted by atomic mass is 9.84. The molecule has 1 aliphatic heterocycles. The Balaban J connectivity index is 1.85. The molecule has 0 aromatic heterocycles. The third-order valence-corrected chi connectivity index (χ3v) is 5.59. The molecular formula is C17H19NO2S. The summed E-state index contributed by atoms with van der Waals surface area (Å²) in [5, 5.41) is 0. The van der Waals surface area contributed by atoms with Gasteiger partial charge in [0.15, 0.2) is 0 Å². The van der Waals surface area contributed by atoms with E-state index in [1.54, 1.807) is 36.4 Å². The summed E-state index contributed by atoms with van der Waals surface area (Å²) in [5.41, 5.74) is 1.44. The third kappa shape index (κ3) is 2.68. The Morgan fingerprint density at radius 3 is 1.90 bits per heavy atom. The molecule has 0 bridgehead atoms. The SMILES string of the molecule is CC1(C)CN(c2ccc(S(=O)(=O)c3ccccc3)cc2)C1. The van der Waals surface area contributed by atoms with E-state index in [0.29, 0.717) is 15.2 Å². The fourth-order valence-electron chi connectivity index (χ4n) is 2.74. The fraction of sp³-hybridized carbons (Fsp3) is 0.294. The van der Waals surface area contributed by atoms with Crippen LogP contribution in [0.3, 0.4) is 0 Å². The molecule has 0 saturated carbocycles. The van der Waals surface area contributed by atoms with Crippen molar-refractivity contribution in [2.45, 2.75) is 23.6 Å². The number of nitrogens with zero attached hydrogens (tertiary/aromatic N) is 1. The molecule has 2 aromatic carbocycles. The van der Waals surface area contributed by atoms with Gasteiger partial charge in [0.1, 0.15) is 0 Å². The molecule has 21 heavy (non-hydrogen) atoms. The molecule has 0 atom stereocenters. The van der Waals surface area contributed by atoms with Crippen molar-refractivity contribution in [2.75, 3.05) is 18.0 Å². The summed E-state index contributed by atoms with van der Waals surface area (Å²) in [6, 6.07) is 15.7. The first-order valence-corrected chi connectivity index (χ1v) is 8.52. The van der Waals surface area contributed by atoms with E-state index in [0.717, 1.165) is 18.8 Å². The van der Waals surface area contributed by atoms with Gasteiger partial charge in [-0.05, 0) is 41.8 Å². The van der Waals surface area contributed by atoms with Gasteiger partial charge in [-0.2, -0.15) is 0 Å². The van der Waals surface area contributed by atoms with E-state index < -0.39 is 9.84 Å². The van der Waals surface area contributed by atoms with E-state index in [2.05, 4.69) is 18.7 Å². The van der Waals surface area contributed by atoms with Crippen LogP contribution in [-0.4, -0.2) is 21.5 Å². The second-order valence-corrected chi connectivity index (χ2v) is 8.28. The molecule has 1 fully saturated rings.